The zero-order valence-corrected chi connectivity index (χ0v) is 30.4. The van der Waals surface area contributed by atoms with Crippen LogP contribution in [0.1, 0.15) is 61.1 Å². The van der Waals surface area contributed by atoms with Gasteiger partial charge in [-0.15, -0.1) is 0 Å². The molecule has 0 N–H and O–H groups in total. The van der Waals surface area contributed by atoms with Crippen molar-refractivity contribution in [3.8, 4) is 0 Å². The van der Waals surface area contributed by atoms with Gasteiger partial charge < -0.3 is 0 Å². The maximum absolute atomic E-state index is 3.42. The summed E-state index contributed by atoms with van der Waals surface area (Å²) in [7, 11) is -1.49. The Morgan fingerprint density at radius 2 is 1.04 bits per heavy atom. The first kappa shape index (κ1) is 31.3. The summed E-state index contributed by atoms with van der Waals surface area (Å²) in [6, 6.07) is 50.8. The van der Waals surface area contributed by atoms with E-state index in [0.29, 0.717) is 5.92 Å². The van der Waals surface area contributed by atoms with Gasteiger partial charge >= 0.3 is 295 Å². The summed E-state index contributed by atoms with van der Waals surface area (Å²) >= 11 is 3.42. The molecule has 8 rings (SSSR count). The minimum atomic E-state index is -0.748. The second-order valence-electron chi connectivity index (χ2n) is 13.1. The fourth-order valence-corrected chi connectivity index (χ4v) is 15.6. The van der Waals surface area contributed by atoms with Gasteiger partial charge in [0.05, 0.1) is 0 Å². The summed E-state index contributed by atoms with van der Waals surface area (Å²) in [5.74, 6) is 0.311. The van der Waals surface area contributed by atoms with Gasteiger partial charge in [-0.25, -0.2) is 0 Å². The second-order valence-corrected chi connectivity index (χ2v) is 19.8. The number of hydrogen-bond donors (Lipinski definition) is 0. The molecule has 0 heterocycles. The first-order chi connectivity index (χ1) is 23.2. The van der Waals surface area contributed by atoms with Gasteiger partial charge in [-0.3, -0.25) is 0 Å². The summed E-state index contributed by atoms with van der Waals surface area (Å²) in [4.78, 5) is 0. The monoisotopic (exact) mass is 733 g/mol. The molecule has 0 radical (unpaired) electrons. The van der Waals surface area contributed by atoms with Crippen molar-refractivity contribution in [2.24, 2.45) is 0 Å². The number of allylic oxidation sites excluding steroid dienone is 4. The second kappa shape index (κ2) is 13.9. The van der Waals surface area contributed by atoms with Crippen LogP contribution in [-0.4, -0.2) is 3.75 Å². The number of benzene rings is 5. The Kier molecular flexibility index (Phi) is 9.26. The number of rotatable bonds is 7. The van der Waals surface area contributed by atoms with Crippen molar-refractivity contribution in [1.82, 2.24) is 0 Å². The molecular weight excluding hydrogens is 692 g/mol. The van der Waals surface area contributed by atoms with Gasteiger partial charge in [0, 0.05) is 0 Å². The molecule has 3 heteroatoms. The third kappa shape index (κ3) is 5.99. The number of aryl methyl sites for hydroxylation is 1. The topological polar surface area (TPSA) is 0 Å². The van der Waals surface area contributed by atoms with Crippen LogP contribution in [0.15, 0.2) is 157 Å². The third-order valence-electron chi connectivity index (χ3n) is 10.3. The molecule has 5 aromatic rings. The minimum absolute atomic E-state index is 0.149. The molecule has 0 saturated heterocycles. The van der Waals surface area contributed by atoms with Crippen LogP contribution in [0.3, 0.4) is 0 Å². The molecule has 3 aliphatic carbocycles. The molecule has 235 valence electrons. The van der Waals surface area contributed by atoms with Crippen LogP contribution in [0, 0.1) is 0 Å². The van der Waals surface area contributed by atoms with E-state index in [1.807, 2.05) is 0 Å². The Hall–Kier alpha value is -2.94. The van der Waals surface area contributed by atoms with E-state index >= 15 is 0 Å². The summed E-state index contributed by atoms with van der Waals surface area (Å²) < 4.78 is -0.149. The molecule has 0 nitrogen and oxygen atoms in total. The summed E-state index contributed by atoms with van der Waals surface area (Å²) in [5, 5.41) is 7.38. The average molecular weight is 733 g/mol. The van der Waals surface area contributed by atoms with Gasteiger partial charge in [0.15, 0.2) is 0 Å². The molecule has 0 amide bonds. The van der Waals surface area contributed by atoms with Crippen molar-refractivity contribution in [1.29, 1.82) is 0 Å². The van der Waals surface area contributed by atoms with Crippen LogP contribution in [-0.2, 0) is 31.1 Å². The van der Waals surface area contributed by atoms with Crippen LogP contribution in [0.2, 0.25) is 0 Å². The summed E-state index contributed by atoms with van der Waals surface area (Å²) in [6.07, 6.45) is 15.2. The fraction of sp³-hybridized carbons (Fsp3) is 0.227. The molecule has 0 saturated carbocycles. The molecule has 0 bridgehead atoms. The predicted molar refractivity (Wildman–Crippen MR) is 201 cm³/mol. The summed E-state index contributed by atoms with van der Waals surface area (Å²) in [5.41, 5.74) is 8.25. The van der Waals surface area contributed by atoms with Crippen LogP contribution in [0.5, 0.6) is 0 Å². The van der Waals surface area contributed by atoms with Gasteiger partial charge in [-0.05, 0) is 0 Å². The molecular formula is C44H41P2Ru. The van der Waals surface area contributed by atoms with E-state index in [2.05, 4.69) is 164 Å². The van der Waals surface area contributed by atoms with E-state index in [1.54, 1.807) is 33.1 Å². The van der Waals surface area contributed by atoms with Gasteiger partial charge in [-0.2, -0.15) is 0 Å². The van der Waals surface area contributed by atoms with Gasteiger partial charge in [0.2, 0.25) is 0 Å². The predicted octanol–water partition coefficient (Wildman–Crippen LogP) is 9.22. The normalized spacial score (nSPS) is 20.7. The zero-order valence-electron chi connectivity index (χ0n) is 26.8. The Morgan fingerprint density at radius 1 is 0.532 bits per heavy atom. The first-order valence-electron chi connectivity index (χ1n) is 17.3. The maximum atomic E-state index is 3.42. The molecule has 2 unspecified atom stereocenters. The van der Waals surface area contributed by atoms with Crippen molar-refractivity contribution < 1.29 is 18.3 Å². The SMILES string of the molecule is [Ru][C]1(P(c2ccccc2)c2ccccc2)C=CC2=C(CCCC2)C1c1c(P(c2ccccc2)c2ccccc2)ccc2c1CCCC2. The average Bonchev–Trinajstić information content (AvgIpc) is 3.14. The van der Waals surface area contributed by atoms with Gasteiger partial charge in [0.1, 0.15) is 0 Å². The Balaban J connectivity index is 1.44. The van der Waals surface area contributed by atoms with E-state index in [0.717, 1.165) is 0 Å². The van der Waals surface area contributed by atoms with Gasteiger partial charge in [0.25, 0.3) is 0 Å². The third-order valence-corrected chi connectivity index (χ3v) is 17.5. The van der Waals surface area contributed by atoms with Crippen LogP contribution in [0.4, 0.5) is 0 Å². The van der Waals surface area contributed by atoms with E-state index in [1.165, 1.54) is 72.6 Å². The molecule has 0 spiro atoms. The first-order valence-corrected chi connectivity index (χ1v) is 20.8. The number of fused-ring (bicyclic) bond motifs is 1. The molecule has 0 fully saturated rings. The molecule has 3 aliphatic rings. The Bertz CT molecular complexity index is 1820. The van der Waals surface area contributed by atoms with Crippen molar-refractivity contribution >= 4 is 42.4 Å². The Labute approximate surface area is 293 Å². The van der Waals surface area contributed by atoms with Gasteiger partial charge in [-0.1, -0.05) is 0 Å². The van der Waals surface area contributed by atoms with Crippen molar-refractivity contribution in [2.45, 2.75) is 61.0 Å². The molecule has 2 atom stereocenters. The molecule has 0 aliphatic heterocycles. The van der Waals surface area contributed by atoms with Crippen LogP contribution < -0.4 is 26.5 Å². The van der Waals surface area contributed by atoms with E-state index in [-0.39, 0.29) is 3.75 Å². The van der Waals surface area contributed by atoms with Crippen molar-refractivity contribution in [2.75, 3.05) is 0 Å². The Morgan fingerprint density at radius 3 is 1.64 bits per heavy atom. The summed E-state index contributed by atoms with van der Waals surface area (Å²) in [6.45, 7) is 0. The van der Waals surface area contributed by atoms with E-state index in [4.69, 9.17) is 0 Å². The number of hydrogen-bond acceptors (Lipinski definition) is 0. The fourth-order valence-electron chi connectivity index (χ4n) is 8.24. The van der Waals surface area contributed by atoms with Crippen molar-refractivity contribution in [3.63, 3.8) is 0 Å². The van der Waals surface area contributed by atoms with E-state index in [9.17, 15) is 0 Å². The zero-order chi connectivity index (χ0) is 31.6. The molecule has 0 aromatic heterocycles. The van der Waals surface area contributed by atoms with E-state index < -0.39 is 15.8 Å². The standard InChI is InChI=1S/C44H41P2.Ru/c1-5-19-35(20-6-1)45(36-21-7-2-8-22-36)41-31-29-33-17-13-15-27-39(33)43(41)44-40-28-16-14-18-34(40)30-32-42(44)46(37-23-9-3-10-24-37)38-25-11-4-12-26-38;/h1-12,19-26,29-32,43H,13-18,27-28H2;. The van der Waals surface area contributed by atoms with Crippen LogP contribution in [0.25, 0.3) is 0 Å². The quantitative estimate of drug-likeness (QED) is 0.116. The van der Waals surface area contributed by atoms with Crippen LogP contribution >= 0.6 is 15.8 Å². The molecule has 5 aromatic carbocycles. The van der Waals surface area contributed by atoms with Crippen molar-refractivity contribution in [3.05, 3.63) is 173 Å². The molecule has 47 heavy (non-hydrogen) atoms.